The van der Waals surface area contributed by atoms with Crippen molar-refractivity contribution >= 4 is 23.7 Å². The van der Waals surface area contributed by atoms with Crippen LogP contribution in [0, 0.1) is 11.8 Å². The third kappa shape index (κ3) is 2.89. The van der Waals surface area contributed by atoms with Gasteiger partial charge < -0.3 is 4.90 Å². The molecule has 5 heteroatoms. The monoisotopic (exact) mass is 449 g/mol. The Bertz CT molecular complexity index is 1190. The summed E-state index contributed by atoms with van der Waals surface area (Å²) in [5.41, 5.74) is 6.70. The number of amides is 2. The Hall–Kier alpha value is -3.73. The number of hydrazone groups is 1. The Morgan fingerprint density at radius 3 is 1.59 bits per heavy atom. The predicted octanol–water partition coefficient (Wildman–Crippen LogP) is 4.76. The second-order valence-corrected chi connectivity index (χ2v) is 9.26. The molecule has 3 aliphatic carbocycles. The molecule has 3 aromatic carbocycles. The minimum Gasteiger partial charge on any atom is -0.372 e. The highest BCUT2D eigenvalue weighted by molar-refractivity contribution is 6.08. The second kappa shape index (κ2) is 7.94. The van der Waals surface area contributed by atoms with Crippen LogP contribution in [0.2, 0.25) is 0 Å². The van der Waals surface area contributed by atoms with E-state index in [4.69, 9.17) is 0 Å². The molecule has 2 amide bonds. The zero-order valence-corrected chi connectivity index (χ0v) is 19.4. The van der Waals surface area contributed by atoms with Gasteiger partial charge >= 0.3 is 0 Å². The van der Waals surface area contributed by atoms with Crippen molar-refractivity contribution in [2.45, 2.75) is 25.7 Å². The molecule has 1 heterocycles. The lowest BCUT2D eigenvalue weighted by Gasteiger charge is -2.45. The second-order valence-electron chi connectivity index (χ2n) is 9.26. The first-order valence-corrected chi connectivity index (χ1v) is 12.1. The molecule has 3 aromatic rings. The average Bonchev–Trinajstić information content (AvgIpc) is 3.14. The molecule has 5 nitrogen and oxygen atoms in total. The van der Waals surface area contributed by atoms with Crippen molar-refractivity contribution in [3.05, 3.63) is 101 Å². The number of hydrogen-bond acceptors (Lipinski definition) is 4. The lowest BCUT2D eigenvalue weighted by atomic mass is 9.55. The molecule has 0 saturated carbocycles. The van der Waals surface area contributed by atoms with Crippen molar-refractivity contribution in [1.29, 1.82) is 0 Å². The van der Waals surface area contributed by atoms with Gasteiger partial charge in [-0.3, -0.25) is 9.59 Å². The SMILES string of the molecule is CCN(CC)c1ccc(/C=N\N2C(=O)[C@@H]3C4c5ccccc5C(c5ccccc54)[C@@H]3C2=O)cc1. The summed E-state index contributed by atoms with van der Waals surface area (Å²) >= 11 is 0. The van der Waals surface area contributed by atoms with Crippen LogP contribution in [-0.4, -0.2) is 36.1 Å². The zero-order chi connectivity index (χ0) is 23.4. The minimum atomic E-state index is -0.399. The summed E-state index contributed by atoms with van der Waals surface area (Å²) in [5.74, 6) is -1.39. The van der Waals surface area contributed by atoms with Gasteiger partial charge in [0.15, 0.2) is 0 Å². The van der Waals surface area contributed by atoms with Gasteiger partial charge in [0.25, 0.3) is 11.8 Å². The van der Waals surface area contributed by atoms with Crippen LogP contribution in [0.15, 0.2) is 77.9 Å². The van der Waals surface area contributed by atoms with Crippen LogP contribution in [0.4, 0.5) is 5.69 Å². The molecule has 1 saturated heterocycles. The Morgan fingerprint density at radius 2 is 1.18 bits per heavy atom. The molecule has 2 bridgehead atoms. The molecule has 0 N–H and O–H groups in total. The Labute approximate surface area is 199 Å². The smallest absolute Gasteiger partial charge is 0.254 e. The third-order valence-electron chi connectivity index (χ3n) is 7.77. The highest BCUT2D eigenvalue weighted by atomic mass is 16.2. The number of rotatable bonds is 5. The van der Waals surface area contributed by atoms with Crippen molar-refractivity contribution in [1.82, 2.24) is 5.01 Å². The van der Waals surface area contributed by atoms with E-state index in [1.54, 1.807) is 6.21 Å². The van der Waals surface area contributed by atoms with Gasteiger partial charge in [0.05, 0.1) is 18.1 Å². The number of benzene rings is 3. The summed E-state index contributed by atoms with van der Waals surface area (Å²) < 4.78 is 0. The fraction of sp³-hybridized carbons (Fsp3) is 0.276. The summed E-state index contributed by atoms with van der Waals surface area (Å²) in [6.45, 7) is 6.15. The van der Waals surface area contributed by atoms with Crippen LogP contribution in [0.5, 0.6) is 0 Å². The molecule has 1 aliphatic heterocycles. The average molecular weight is 450 g/mol. The molecule has 0 unspecified atom stereocenters. The van der Waals surface area contributed by atoms with Gasteiger partial charge in [-0.1, -0.05) is 60.7 Å². The highest BCUT2D eigenvalue weighted by Gasteiger charge is 2.61. The molecule has 34 heavy (non-hydrogen) atoms. The standard InChI is InChI=1S/C29H27N3O2/c1-3-31(4-2)19-15-13-18(14-16-19)17-30-32-28(33)26-24-20-9-5-6-10-21(20)25(27(26)29(32)34)23-12-8-7-11-22(23)24/h5-17,24-27H,3-4H2,1-2H3/b30-17-/t24?,25?,26-,27+. The number of anilines is 1. The highest BCUT2D eigenvalue weighted by Crippen LogP contribution is 2.60. The Morgan fingerprint density at radius 1 is 0.735 bits per heavy atom. The number of nitrogens with zero attached hydrogens (tertiary/aromatic N) is 3. The van der Waals surface area contributed by atoms with Crippen LogP contribution < -0.4 is 4.90 Å². The van der Waals surface area contributed by atoms with E-state index in [9.17, 15) is 9.59 Å². The van der Waals surface area contributed by atoms with E-state index in [1.807, 2.05) is 36.4 Å². The van der Waals surface area contributed by atoms with Gasteiger partial charge in [-0.05, 0) is 53.8 Å². The van der Waals surface area contributed by atoms with Gasteiger partial charge in [-0.25, -0.2) is 0 Å². The van der Waals surface area contributed by atoms with Crippen molar-refractivity contribution in [3.63, 3.8) is 0 Å². The van der Waals surface area contributed by atoms with E-state index in [0.29, 0.717) is 0 Å². The zero-order valence-electron chi connectivity index (χ0n) is 19.4. The number of carbonyl (C=O) groups excluding carboxylic acids is 2. The number of carbonyl (C=O) groups is 2. The Balaban J connectivity index is 1.34. The van der Waals surface area contributed by atoms with E-state index in [2.05, 4.69) is 60.2 Å². The van der Waals surface area contributed by atoms with Crippen LogP contribution >= 0.6 is 0 Å². The van der Waals surface area contributed by atoms with E-state index >= 15 is 0 Å². The summed E-state index contributed by atoms with van der Waals surface area (Å²) in [6.07, 6.45) is 1.63. The van der Waals surface area contributed by atoms with Crippen LogP contribution in [0.3, 0.4) is 0 Å². The van der Waals surface area contributed by atoms with E-state index < -0.39 is 11.8 Å². The van der Waals surface area contributed by atoms with Crippen LogP contribution in [0.1, 0.15) is 53.5 Å². The quantitative estimate of drug-likeness (QED) is 0.417. The summed E-state index contributed by atoms with van der Waals surface area (Å²) in [4.78, 5) is 29.4. The van der Waals surface area contributed by atoms with Gasteiger partial charge in [0.2, 0.25) is 0 Å². The maximum atomic E-state index is 13.6. The Kier molecular flexibility index (Phi) is 4.87. The van der Waals surface area contributed by atoms with Gasteiger partial charge in [-0.2, -0.15) is 10.1 Å². The van der Waals surface area contributed by atoms with Crippen molar-refractivity contribution in [2.75, 3.05) is 18.0 Å². The molecule has 7 rings (SSSR count). The molecule has 0 radical (unpaired) electrons. The van der Waals surface area contributed by atoms with Crippen molar-refractivity contribution in [2.24, 2.45) is 16.9 Å². The first kappa shape index (κ1) is 20.8. The molecular formula is C29H27N3O2. The fourth-order valence-corrected chi connectivity index (χ4v) is 6.26. The normalized spacial score (nSPS) is 24.4. The number of imide groups is 1. The first-order chi connectivity index (χ1) is 16.6. The molecule has 1 fully saturated rings. The molecule has 2 atom stereocenters. The predicted molar refractivity (Wildman–Crippen MR) is 133 cm³/mol. The maximum Gasteiger partial charge on any atom is 0.254 e. The van der Waals surface area contributed by atoms with Crippen LogP contribution in [0.25, 0.3) is 0 Å². The molecular weight excluding hydrogens is 422 g/mol. The fourth-order valence-electron chi connectivity index (χ4n) is 6.26. The topological polar surface area (TPSA) is 53.0 Å². The first-order valence-electron chi connectivity index (χ1n) is 12.1. The molecule has 0 aromatic heterocycles. The molecule has 4 aliphatic rings. The van der Waals surface area contributed by atoms with Gasteiger partial charge in [-0.15, -0.1) is 0 Å². The summed E-state index contributed by atoms with van der Waals surface area (Å²) in [6, 6.07) is 24.6. The largest absolute Gasteiger partial charge is 0.372 e. The number of hydrogen-bond donors (Lipinski definition) is 0. The van der Waals surface area contributed by atoms with E-state index in [-0.39, 0.29) is 23.7 Å². The van der Waals surface area contributed by atoms with Gasteiger partial charge in [0.1, 0.15) is 0 Å². The lowest BCUT2D eigenvalue weighted by Crippen LogP contribution is -2.41. The summed E-state index contributed by atoms with van der Waals surface area (Å²) in [5, 5.41) is 5.54. The van der Waals surface area contributed by atoms with Crippen molar-refractivity contribution in [3.8, 4) is 0 Å². The summed E-state index contributed by atoms with van der Waals surface area (Å²) in [7, 11) is 0. The third-order valence-corrected chi connectivity index (χ3v) is 7.77. The molecule has 170 valence electrons. The van der Waals surface area contributed by atoms with Crippen molar-refractivity contribution < 1.29 is 9.59 Å². The maximum absolute atomic E-state index is 13.6. The minimum absolute atomic E-state index is 0.104. The van der Waals surface area contributed by atoms with Crippen LogP contribution in [-0.2, 0) is 9.59 Å². The van der Waals surface area contributed by atoms with E-state index in [0.717, 1.165) is 29.3 Å². The molecule has 0 spiro atoms. The van der Waals surface area contributed by atoms with Gasteiger partial charge in [0, 0.05) is 30.6 Å². The van der Waals surface area contributed by atoms with E-state index in [1.165, 1.54) is 22.3 Å². The lowest BCUT2D eigenvalue weighted by molar-refractivity contribution is -0.139.